The van der Waals surface area contributed by atoms with Gasteiger partial charge in [0.15, 0.2) is 0 Å². The second kappa shape index (κ2) is 3.53. The number of hydrogen-bond donors (Lipinski definition) is 1. The van der Waals surface area contributed by atoms with Gasteiger partial charge in [-0.2, -0.15) is 0 Å². The smallest absolute Gasteiger partial charge is 0.261 e. The van der Waals surface area contributed by atoms with Crippen molar-refractivity contribution in [1.29, 1.82) is 0 Å². The average molecular weight is 261 g/mol. The van der Waals surface area contributed by atoms with E-state index in [1.54, 1.807) is 0 Å². The molecule has 72 valence electrons. The summed E-state index contributed by atoms with van der Waals surface area (Å²) in [6.45, 7) is 0. The van der Waals surface area contributed by atoms with Gasteiger partial charge in [-0.25, -0.2) is 8.42 Å². The number of benzene rings is 1. The molecule has 0 heterocycles. The molecule has 0 fully saturated rings. The fraction of sp³-hybridized carbons (Fsp3) is 0. The van der Waals surface area contributed by atoms with Crippen molar-refractivity contribution in [1.82, 2.24) is 0 Å². The van der Waals surface area contributed by atoms with Crippen LogP contribution < -0.4 is 5.73 Å². The van der Waals surface area contributed by atoms with Gasteiger partial charge in [-0.3, -0.25) is 0 Å². The van der Waals surface area contributed by atoms with E-state index in [-0.39, 0.29) is 20.6 Å². The van der Waals surface area contributed by atoms with Crippen LogP contribution in [-0.2, 0) is 9.05 Å². The van der Waals surface area contributed by atoms with Crippen LogP contribution in [0.25, 0.3) is 0 Å². The van der Waals surface area contributed by atoms with Crippen molar-refractivity contribution in [3.8, 4) is 0 Å². The highest BCUT2D eigenvalue weighted by Crippen LogP contribution is 2.31. The number of rotatable bonds is 1. The van der Waals surface area contributed by atoms with Gasteiger partial charge in [-0.15, -0.1) is 0 Å². The third-order valence-corrected chi connectivity index (χ3v) is 3.29. The van der Waals surface area contributed by atoms with Crippen molar-refractivity contribution < 1.29 is 8.42 Å². The largest absolute Gasteiger partial charge is 0.396 e. The second-order valence-electron chi connectivity index (χ2n) is 2.24. The minimum atomic E-state index is -3.82. The second-order valence-corrected chi connectivity index (χ2v) is 5.62. The fourth-order valence-corrected chi connectivity index (χ4v) is 2.10. The molecule has 0 atom stereocenters. The van der Waals surface area contributed by atoms with E-state index in [9.17, 15) is 8.42 Å². The predicted molar refractivity (Wildman–Crippen MR) is 53.9 cm³/mol. The third-order valence-electron chi connectivity index (χ3n) is 1.33. The quantitative estimate of drug-likeness (QED) is 0.623. The highest BCUT2D eigenvalue weighted by Gasteiger charge is 2.14. The predicted octanol–water partition coefficient (Wildman–Crippen LogP) is 2.50. The molecule has 0 bridgehead atoms. The highest BCUT2D eigenvalue weighted by atomic mass is 35.7. The van der Waals surface area contributed by atoms with E-state index in [2.05, 4.69) is 0 Å². The molecule has 1 rings (SSSR count). The Morgan fingerprint density at radius 2 is 1.54 bits per heavy atom. The molecule has 0 aliphatic carbocycles. The third kappa shape index (κ3) is 2.40. The molecule has 7 heteroatoms. The number of nitrogens with two attached hydrogens (primary N) is 1. The molecule has 0 amide bonds. The Kier molecular flexibility index (Phi) is 2.97. The lowest BCUT2D eigenvalue weighted by Crippen LogP contribution is -1.94. The zero-order valence-electron chi connectivity index (χ0n) is 6.09. The molecule has 0 aromatic heterocycles. The molecule has 0 aliphatic heterocycles. The number of nitrogen functional groups attached to an aromatic ring is 1. The SMILES string of the molecule is Nc1c(Cl)cc(S(=O)(=O)Cl)cc1Cl. The van der Waals surface area contributed by atoms with Crippen LogP contribution in [0.4, 0.5) is 5.69 Å². The standard InChI is InChI=1S/C6H4Cl3NO2S/c7-4-1-3(13(9,11)12)2-5(8)6(4)10/h1-2H,10H2. The van der Waals surface area contributed by atoms with Gasteiger partial charge in [-0.1, -0.05) is 23.2 Å². The van der Waals surface area contributed by atoms with Crippen molar-refractivity contribution in [3.63, 3.8) is 0 Å². The van der Waals surface area contributed by atoms with Gasteiger partial charge < -0.3 is 5.73 Å². The summed E-state index contributed by atoms with van der Waals surface area (Å²) in [5.41, 5.74) is 5.52. The van der Waals surface area contributed by atoms with Crippen LogP contribution in [-0.4, -0.2) is 8.42 Å². The summed E-state index contributed by atoms with van der Waals surface area (Å²) < 4.78 is 21.7. The Morgan fingerprint density at radius 1 is 1.15 bits per heavy atom. The van der Waals surface area contributed by atoms with Crippen LogP contribution in [0.3, 0.4) is 0 Å². The van der Waals surface area contributed by atoms with Crippen molar-refractivity contribution in [3.05, 3.63) is 22.2 Å². The molecule has 1 aromatic rings. The molecule has 0 aliphatic rings. The Hall–Kier alpha value is -0.160. The maximum atomic E-state index is 10.9. The van der Waals surface area contributed by atoms with E-state index in [1.165, 1.54) is 0 Å². The van der Waals surface area contributed by atoms with Crippen molar-refractivity contribution in [2.75, 3.05) is 5.73 Å². The molecule has 0 radical (unpaired) electrons. The van der Waals surface area contributed by atoms with E-state index in [1.807, 2.05) is 0 Å². The van der Waals surface area contributed by atoms with Crippen molar-refractivity contribution in [2.24, 2.45) is 0 Å². The van der Waals surface area contributed by atoms with E-state index in [0.717, 1.165) is 12.1 Å². The Balaban J connectivity index is 3.47. The first kappa shape index (κ1) is 10.9. The maximum Gasteiger partial charge on any atom is 0.261 e. The average Bonchev–Trinajstić information content (AvgIpc) is 1.97. The normalized spacial score (nSPS) is 11.6. The molecule has 0 saturated carbocycles. The van der Waals surface area contributed by atoms with Gasteiger partial charge in [0.1, 0.15) is 0 Å². The van der Waals surface area contributed by atoms with Crippen molar-refractivity contribution >= 4 is 48.6 Å². The van der Waals surface area contributed by atoms with Crippen LogP contribution in [0.15, 0.2) is 17.0 Å². The molecule has 2 N–H and O–H groups in total. The van der Waals surface area contributed by atoms with Crippen LogP contribution in [0.2, 0.25) is 10.0 Å². The first-order valence-corrected chi connectivity index (χ1v) is 6.08. The van der Waals surface area contributed by atoms with E-state index < -0.39 is 9.05 Å². The fourth-order valence-electron chi connectivity index (χ4n) is 0.702. The first-order chi connectivity index (χ1) is 5.82. The lowest BCUT2D eigenvalue weighted by atomic mass is 10.3. The Bertz CT molecular complexity index is 420. The highest BCUT2D eigenvalue weighted by molar-refractivity contribution is 8.13. The van der Waals surface area contributed by atoms with E-state index in [0.29, 0.717) is 0 Å². The Labute approximate surface area is 89.8 Å². The molecule has 0 saturated heterocycles. The summed E-state index contributed by atoms with van der Waals surface area (Å²) in [5, 5.41) is 0.124. The van der Waals surface area contributed by atoms with E-state index >= 15 is 0 Å². The summed E-state index contributed by atoms with van der Waals surface area (Å²) in [6, 6.07) is 2.29. The molecule has 0 unspecified atom stereocenters. The molecule has 1 aromatic carbocycles. The van der Waals surface area contributed by atoms with Gasteiger partial charge in [0.2, 0.25) is 0 Å². The summed E-state index contributed by atoms with van der Waals surface area (Å²) in [5.74, 6) is 0. The lowest BCUT2D eigenvalue weighted by molar-refractivity contribution is 0.609. The maximum absolute atomic E-state index is 10.9. The first-order valence-electron chi connectivity index (χ1n) is 3.01. The van der Waals surface area contributed by atoms with Gasteiger partial charge in [0, 0.05) is 10.7 Å². The zero-order chi connectivity index (χ0) is 10.2. The van der Waals surface area contributed by atoms with Crippen LogP contribution in [0.1, 0.15) is 0 Å². The van der Waals surface area contributed by atoms with Gasteiger partial charge in [0.05, 0.1) is 20.6 Å². The monoisotopic (exact) mass is 259 g/mol. The molecule has 0 spiro atoms. The lowest BCUT2D eigenvalue weighted by Gasteiger charge is -2.02. The topological polar surface area (TPSA) is 60.2 Å². The summed E-state index contributed by atoms with van der Waals surface area (Å²) in [4.78, 5) is -0.168. The molecular formula is C6H4Cl3NO2S. The molecule has 3 nitrogen and oxygen atoms in total. The minimum absolute atomic E-state index is 0.0618. The summed E-state index contributed by atoms with van der Waals surface area (Å²) >= 11 is 11.2. The number of anilines is 1. The molecule has 13 heavy (non-hydrogen) atoms. The van der Waals surface area contributed by atoms with Crippen LogP contribution >= 0.6 is 33.9 Å². The summed E-state index contributed by atoms with van der Waals surface area (Å²) in [7, 11) is 1.25. The van der Waals surface area contributed by atoms with Gasteiger partial charge >= 0.3 is 0 Å². The van der Waals surface area contributed by atoms with Crippen molar-refractivity contribution in [2.45, 2.75) is 4.90 Å². The van der Waals surface area contributed by atoms with Crippen LogP contribution in [0, 0.1) is 0 Å². The zero-order valence-corrected chi connectivity index (χ0v) is 9.17. The molecular weight excluding hydrogens is 256 g/mol. The van der Waals surface area contributed by atoms with Crippen LogP contribution in [0.5, 0.6) is 0 Å². The van der Waals surface area contributed by atoms with E-state index in [4.69, 9.17) is 39.6 Å². The van der Waals surface area contributed by atoms with Gasteiger partial charge in [0.25, 0.3) is 9.05 Å². The minimum Gasteiger partial charge on any atom is -0.396 e. The summed E-state index contributed by atoms with van der Waals surface area (Å²) in [6.07, 6.45) is 0. The number of hydrogen-bond acceptors (Lipinski definition) is 3. The Morgan fingerprint density at radius 3 is 1.85 bits per heavy atom. The van der Waals surface area contributed by atoms with Gasteiger partial charge in [-0.05, 0) is 12.1 Å². The number of halogens is 3.